The molecule has 1 atom stereocenters. The van der Waals surface area contributed by atoms with E-state index in [1.807, 2.05) is 31.2 Å². The highest BCUT2D eigenvalue weighted by molar-refractivity contribution is 7.92. The van der Waals surface area contributed by atoms with Gasteiger partial charge in [0.2, 0.25) is 21.8 Å². The molecule has 1 aliphatic carbocycles. The van der Waals surface area contributed by atoms with Crippen molar-refractivity contribution in [2.45, 2.75) is 83.8 Å². The molecule has 40 heavy (non-hydrogen) atoms. The van der Waals surface area contributed by atoms with Crippen LogP contribution in [0.3, 0.4) is 0 Å². The monoisotopic (exact) mass is 591 g/mol. The molecule has 10 heteroatoms. The molecule has 0 bridgehead atoms. The third-order valence-corrected chi connectivity index (χ3v) is 9.07. The molecule has 0 spiro atoms. The summed E-state index contributed by atoms with van der Waals surface area (Å²) in [5.74, 6) is 0.327. The first-order valence-corrected chi connectivity index (χ1v) is 16.2. The molecule has 1 N–H and O–H groups in total. The number of carbonyl (C=O) groups excluding carboxylic acids is 2. The molecular weight excluding hydrogens is 550 g/mol. The van der Waals surface area contributed by atoms with Gasteiger partial charge in [-0.2, -0.15) is 0 Å². The Balaban J connectivity index is 1.79. The first-order valence-electron chi connectivity index (χ1n) is 14.0. The highest BCUT2D eigenvalue weighted by Gasteiger charge is 2.30. The van der Waals surface area contributed by atoms with Crippen molar-refractivity contribution in [3.8, 4) is 5.75 Å². The number of benzene rings is 2. The van der Waals surface area contributed by atoms with Gasteiger partial charge in [-0.05, 0) is 68.0 Å². The molecule has 1 fully saturated rings. The van der Waals surface area contributed by atoms with Crippen LogP contribution in [0.5, 0.6) is 5.75 Å². The van der Waals surface area contributed by atoms with Crippen LogP contribution < -0.4 is 14.4 Å². The molecule has 0 heterocycles. The average Bonchev–Trinajstić information content (AvgIpc) is 2.92. The minimum atomic E-state index is -3.61. The van der Waals surface area contributed by atoms with E-state index in [-0.39, 0.29) is 43.8 Å². The van der Waals surface area contributed by atoms with Gasteiger partial charge in [0.1, 0.15) is 11.8 Å². The highest BCUT2D eigenvalue weighted by atomic mass is 35.5. The van der Waals surface area contributed by atoms with Crippen molar-refractivity contribution in [3.05, 3.63) is 58.6 Å². The van der Waals surface area contributed by atoms with E-state index in [2.05, 4.69) is 5.32 Å². The van der Waals surface area contributed by atoms with Gasteiger partial charge in [0.25, 0.3) is 0 Å². The molecular formula is C30H42ClN3O5S. The zero-order chi connectivity index (χ0) is 29.3. The minimum absolute atomic E-state index is 0.0861. The fourth-order valence-electron chi connectivity index (χ4n) is 5.28. The number of amides is 2. The molecule has 0 radical (unpaired) electrons. The lowest BCUT2D eigenvalue weighted by Crippen LogP contribution is -2.51. The summed E-state index contributed by atoms with van der Waals surface area (Å²) in [6.45, 7) is 4.04. The van der Waals surface area contributed by atoms with Gasteiger partial charge < -0.3 is 15.0 Å². The normalized spacial score (nSPS) is 14.8. The first kappa shape index (κ1) is 31.7. The second kappa shape index (κ2) is 14.7. The molecule has 2 aromatic rings. The standard InChI is InChI=1S/C30H42ClN3O5S/c1-5-27(30(36)32-24-13-7-6-8-14-24)33(21-23-12-9-15-25(20-23)39-3)29(35)18-11-19-34(40(4,37)38)28-17-10-16-26(31)22(28)2/h9-10,12,15-17,20,24,27H,5-8,11,13-14,18-19,21H2,1-4H3,(H,32,36). The van der Waals surface area contributed by atoms with Crippen molar-refractivity contribution in [3.63, 3.8) is 0 Å². The van der Waals surface area contributed by atoms with Crippen molar-refractivity contribution in [1.82, 2.24) is 10.2 Å². The number of methoxy groups -OCH3 is 1. The van der Waals surface area contributed by atoms with Crippen LogP contribution in [0, 0.1) is 6.92 Å². The predicted octanol–water partition coefficient (Wildman–Crippen LogP) is 5.46. The highest BCUT2D eigenvalue weighted by Crippen LogP contribution is 2.29. The number of ether oxygens (including phenoxy) is 1. The van der Waals surface area contributed by atoms with Gasteiger partial charge in [-0.3, -0.25) is 13.9 Å². The number of hydrogen-bond acceptors (Lipinski definition) is 5. The van der Waals surface area contributed by atoms with Gasteiger partial charge in [0.15, 0.2) is 0 Å². The van der Waals surface area contributed by atoms with Gasteiger partial charge in [-0.15, -0.1) is 0 Å². The van der Waals surface area contributed by atoms with Crippen molar-refractivity contribution >= 4 is 39.1 Å². The fourth-order valence-corrected chi connectivity index (χ4v) is 6.47. The Labute approximate surface area is 244 Å². The van der Waals surface area contributed by atoms with E-state index in [0.717, 1.165) is 37.5 Å². The number of nitrogens with one attached hydrogen (secondary N) is 1. The quantitative estimate of drug-likeness (QED) is 0.334. The fraction of sp³-hybridized carbons (Fsp3) is 0.533. The zero-order valence-corrected chi connectivity index (χ0v) is 25.6. The van der Waals surface area contributed by atoms with Crippen LogP contribution in [0.4, 0.5) is 5.69 Å². The van der Waals surface area contributed by atoms with Gasteiger partial charge in [-0.25, -0.2) is 8.42 Å². The molecule has 8 nitrogen and oxygen atoms in total. The second-order valence-electron chi connectivity index (χ2n) is 10.5. The molecule has 1 saturated carbocycles. The van der Waals surface area contributed by atoms with Crippen LogP contribution in [-0.4, -0.2) is 57.1 Å². The molecule has 2 amide bonds. The van der Waals surface area contributed by atoms with Gasteiger partial charge in [-0.1, -0.05) is 56.0 Å². The molecule has 1 aliphatic rings. The van der Waals surface area contributed by atoms with Crippen LogP contribution in [0.25, 0.3) is 0 Å². The summed E-state index contributed by atoms with van der Waals surface area (Å²) in [7, 11) is -2.02. The SMILES string of the molecule is CCC(C(=O)NC1CCCCC1)N(Cc1cccc(OC)c1)C(=O)CCCN(c1cccc(Cl)c1C)S(C)(=O)=O. The summed E-state index contributed by atoms with van der Waals surface area (Å²) in [5, 5.41) is 3.66. The van der Waals surface area contributed by atoms with Crippen LogP contribution in [0.15, 0.2) is 42.5 Å². The Morgan fingerprint density at radius 2 is 1.82 bits per heavy atom. The molecule has 3 rings (SSSR count). The van der Waals surface area contributed by atoms with Crippen LogP contribution in [0.1, 0.15) is 69.4 Å². The number of rotatable bonds is 13. The maximum Gasteiger partial charge on any atom is 0.243 e. The van der Waals surface area contributed by atoms with Crippen molar-refractivity contribution in [2.24, 2.45) is 0 Å². The molecule has 0 aliphatic heterocycles. The molecule has 1 unspecified atom stereocenters. The Bertz CT molecular complexity index is 1260. The Kier molecular flexibility index (Phi) is 11.7. The maximum atomic E-state index is 13.7. The van der Waals surface area contributed by atoms with E-state index in [4.69, 9.17) is 16.3 Å². The van der Waals surface area contributed by atoms with E-state index < -0.39 is 16.1 Å². The Hall–Kier alpha value is -2.78. The predicted molar refractivity (Wildman–Crippen MR) is 160 cm³/mol. The maximum absolute atomic E-state index is 13.7. The van der Waals surface area contributed by atoms with Crippen LogP contribution in [-0.2, 0) is 26.2 Å². The lowest BCUT2D eigenvalue weighted by Gasteiger charge is -2.33. The summed E-state index contributed by atoms with van der Waals surface area (Å²) >= 11 is 6.25. The van der Waals surface area contributed by atoms with E-state index in [0.29, 0.717) is 28.4 Å². The lowest BCUT2D eigenvalue weighted by atomic mass is 9.95. The van der Waals surface area contributed by atoms with E-state index in [1.54, 1.807) is 37.1 Å². The second-order valence-corrected chi connectivity index (χ2v) is 12.8. The summed E-state index contributed by atoms with van der Waals surface area (Å²) in [5.41, 5.74) is 2.00. The van der Waals surface area contributed by atoms with E-state index in [9.17, 15) is 18.0 Å². The summed E-state index contributed by atoms with van der Waals surface area (Å²) in [6.07, 6.45) is 7.26. The zero-order valence-electron chi connectivity index (χ0n) is 24.0. The third-order valence-electron chi connectivity index (χ3n) is 7.48. The summed E-state index contributed by atoms with van der Waals surface area (Å²) < 4.78 is 32.0. The topological polar surface area (TPSA) is 96.0 Å². The first-order chi connectivity index (χ1) is 19.0. The van der Waals surface area contributed by atoms with Crippen molar-refractivity contribution < 1.29 is 22.7 Å². The van der Waals surface area contributed by atoms with E-state index in [1.165, 1.54) is 10.7 Å². The third kappa shape index (κ3) is 8.61. The number of anilines is 1. The average molecular weight is 592 g/mol. The van der Waals surface area contributed by atoms with Gasteiger partial charge >= 0.3 is 0 Å². The smallest absolute Gasteiger partial charge is 0.243 e. The number of nitrogens with zero attached hydrogens (tertiary/aromatic N) is 2. The molecule has 0 saturated heterocycles. The molecule has 220 valence electrons. The molecule has 2 aromatic carbocycles. The Morgan fingerprint density at radius 1 is 1.12 bits per heavy atom. The van der Waals surface area contributed by atoms with Gasteiger partial charge in [0.05, 0.1) is 19.1 Å². The number of carbonyl (C=O) groups is 2. The van der Waals surface area contributed by atoms with Gasteiger partial charge in [0, 0.05) is 30.6 Å². The van der Waals surface area contributed by atoms with E-state index >= 15 is 0 Å². The number of hydrogen-bond donors (Lipinski definition) is 1. The summed E-state index contributed by atoms with van der Waals surface area (Å²) in [4.78, 5) is 28.8. The number of sulfonamides is 1. The van der Waals surface area contributed by atoms with Crippen LogP contribution in [0.2, 0.25) is 5.02 Å². The van der Waals surface area contributed by atoms with Crippen molar-refractivity contribution in [2.75, 3.05) is 24.2 Å². The number of halogens is 1. The minimum Gasteiger partial charge on any atom is -0.497 e. The molecule has 0 aromatic heterocycles. The Morgan fingerprint density at radius 3 is 2.48 bits per heavy atom. The van der Waals surface area contributed by atoms with Crippen LogP contribution >= 0.6 is 11.6 Å². The summed E-state index contributed by atoms with van der Waals surface area (Å²) in [6, 6.07) is 12.1. The lowest BCUT2D eigenvalue weighted by molar-refractivity contribution is -0.141. The largest absolute Gasteiger partial charge is 0.497 e. The van der Waals surface area contributed by atoms with Crippen molar-refractivity contribution in [1.29, 1.82) is 0 Å².